The van der Waals surface area contributed by atoms with Crippen molar-refractivity contribution in [3.05, 3.63) is 53.9 Å². The third-order valence-electron chi connectivity index (χ3n) is 5.60. The Hall–Kier alpha value is -2.71. The van der Waals surface area contributed by atoms with E-state index < -0.39 is 10.0 Å². The van der Waals surface area contributed by atoms with E-state index in [-0.39, 0.29) is 23.1 Å². The van der Waals surface area contributed by atoms with Crippen molar-refractivity contribution in [3.63, 3.8) is 0 Å². The Morgan fingerprint density at radius 2 is 2.04 bits per heavy atom. The number of nitrogens with one attached hydrogen (secondary N) is 2. The van der Waals surface area contributed by atoms with E-state index in [1.807, 2.05) is 0 Å². The predicted octanol–water partition coefficient (Wildman–Crippen LogP) is 2.23. The summed E-state index contributed by atoms with van der Waals surface area (Å²) in [5.41, 5.74) is 3.52. The Kier molecular flexibility index (Phi) is 3.99. The summed E-state index contributed by atoms with van der Waals surface area (Å²) in [7, 11) is -3.83. The van der Waals surface area contributed by atoms with E-state index in [1.54, 1.807) is 42.7 Å². The Balaban J connectivity index is 1.70. The molecule has 5 rings (SSSR count). The summed E-state index contributed by atoms with van der Waals surface area (Å²) in [4.78, 5) is 16.4. The molecule has 8 heteroatoms. The smallest absolute Gasteiger partial charge is 0.268 e. The van der Waals surface area contributed by atoms with Crippen LogP contribution in [0.25, 0.3) is 11.0 Å². The summed E-state index contributed by atoms with van der Waals surface area (Å²) in [5.74, 6) is 0.159. The molecule has 2 aliphatic rings. The average Bonchev–Trinajstić information content (AvgIpc) is 3.35. The number of amides is 1. The Morgan fingerprint density at radius 1 is 1.14 bits per heavy atom. The maximum Gasteiger partial charge on any atom is 0.268 e. The number of nitrogens with zero attached hydrogens (tertiary/aromatic N) is 2. The zero-order chi connectivity index (χ0) is 19.3. The fourth-order valence-electron chi connectivity index (χ4n) is 4.21. The van der Waals surface area contributed by atoms with Crippen molar-refractivity contribution in [2.75, 3.05) is 18.4 Å². The molecule has 144 valence electrons. The Labute approximate surface area is 162 Å². The van der Waals surface area contributed by atoms with Gasteiger partial charge in [0.2, 0.25) is 5.91 Å². The number of hydrogen-bond donors (Lipinski definition) is 2. The van der Waals surface area contributed by atoms with E-state index in [9.17, 15) is 13.2 Å². The van der Waals surface area contributed by atoms with Crippen LogP contribution in [0, 0.1) is 0 Å². The van der Waals surface area contributed by atoms with Gasteiger partial charge >= 0.3 is 0 Å². The van der Waals surface area contributed by atoms with E-state index in [0.717, 1.165) is 30.6 Å². The quantitative estimate of drug-likeness (QED) is 0.708. The molecule has 1 fully saturated rings. The summed E-state index contributed by atoms with van der Waals surface area (Å²) in [6.07, 6.45) is 5.08. The zero-order valence-electron chi connectivity index (χ0n) is 15.2. The molecule has 2 aromatic heterocycles. The van der Waals surface area contributed by atoms with Crippen LogP contribution in [0.3, 0.4) is 0 Å². The molecule has 0 spiro atoms. The molecule has 0 bridgehead atoms. The van der Waals surface area contributed by atoms with Crippen molar-refractivity contribution >= 4 is 32.7 Å². The molecule has 1 saturated heterocycles. The molecule has 1 unspecified atom stereocenters. The zero-order valence-corrected chi connectivity index (χ0v) is 16.0. The maximum absolute atomic E-state index is 13.6. The van der Waals surface area contributed by atoms with Gasteiger partial charge in [0.15, 0.2) is 0 Å². The van der Waals surface area contributed by atoms with Gasteiger partial charge in [0, 0.05) is 42.5 Å². The van der Waals surface area contributed by atoms with Crippen LogP contribution < -0.4 is 10.6 Å². The molecule has 4 heterocycles. The van der Waals surface area contributed by atoms with Gasteiger partial charge in [-0.25, -0.2) is 12.4 Å². The second-order valence-corrected chi connectivity index (χ2v) is 9.06. The number of carbonyl (C=O) groups is 1. The number of anilines is 1. The number of benzene rings is 1. The molecular formula is C20H20N4O3S. The van der Waals surface area contributed by atoms with E-state index >= 15 is 0 Å². The lowest BCUT2D eigenvalue weighted by atomic mass is 10.0. The van der Waals surface area contributed by atoms with Crippen molar-refractivity contribution in [1.29, 1.82) is 0 Å². The first kappa shape index (κ1) is 17.4. The Bertz CT molecular complexity index is 1190. The van der Waals surface area contributed by atoms with Crippen molar-refractivity contribution in [1.82, 2.24) is 14.3 Å². The van der Waals surface area contributed by atoms with Crippen LogP contribution in [0.5, 0.6) is 0 Å². The van der Waals surface area contributed by atoms with Crippen LogP contribution >= 0.6 is 0 Å². The second-order valence-electron chi connectivity index (χ2n) is 7.28. The first-order valence-electron chi connectivity index (χ1n) is 9.40. The molecule has 2 aliphatic heterocycles. The van der Waals surface area contributed by atoms with Crippen molar-refractivity contribution in [3.8, 4) is 0 Å². The van der Waals surface area contributed by atoms with E-state index in [0.29, 0.717) is 23.2 Å². The minimum Gasteiger partial charge on any atom is -0.326 e. The number of aromatic nitrogens is 2. The van der Waals surface area contributed by atoms with Gasteiger partial charge < -0.3 is 10.6 Å². The first-order chi connectivity index (χ1) is 13.6. The highest BCUT2D eigenvalue weighted by atomic mass is 32.2. The predicted molar refractivity (Wildman–Crippen MR) is 106 cm³/mol. The van der Waals surface area contributed by atoms with Crippen LogP contribution in [0.4, 0.5) is 5.69 Å². The highest BCUT2D eigenvalue weighted by Gasteiger charge is 2.30. The molecule has 2 N–H and O–H groups in total. The summed E-state index contributed by atoms with van der Waals surface area (Å²) in [6.45, 7) is 1.74. The van der Waals surface area contributed by atoms with E-state index in [2.05, 4.69) is 15.6 Å². The molecule has 1 amide bonds. The van der Waals surface area contributed by atoms with Crippen LogP contribution in [-0.2, 0) is 21.2 Å². The second kappa shape index (κ2) is 6.42. The summed E-state index contributed by atoms with van der Waals surface area (Å²) in [5, 5.41) is 6.11. The standard InChI is InChI=1S/C20H20N4O3S/c25-19-7-6-14-16(23-19)3-1-5-18(14)28(26,27)24-12-15(13-8-10-21-11-13)20-17(24)4-2-9-22-20/h1-5,9,12-13,21H,6-8,10-11H2,(H,23,25). The van der Waals surface area contributed by atoms with Crippen LogP contribution in [0.2, 0.25) is 0 Å². The van der Waals surface area contributed by atoms with Crippen LogP contribution in [-0.4, -0.2) is 36.4 Å². The lowest BCUT2D eigenvalue weighted by Gasteiger charge is -2.20. The highest BCUT2D eigenvalue weighted by molar-refractivity contribution is 7.90. The SMILES string of the molecule is O=C1CCc2c(cccc2S(=O)(=O)n2cc(C3CCNC3)c3ncccc32)N1. The monoisotopic (exact) mass is 396 g/mol. The molecule has 0 radical (unpaired) electrons. The van der Waals surface area contributed by atoms with Gasteiger partial charge in [-0.15, -0.1) is 0 Å². The maximum atomic E-state index is 13.6. The van der Waals surface area contributed by atoms with Gasteiger partial charge in [-0.3, -0.25) is 9.78 Å². The van der Waals surface area contributed by atoms with Crippen molar-refractivity contribution in [2.45, 2.75) is 30.1 Å². The number of carbonyl (C=O) groups excluding carboxylic acids is 1. The van der Waals surface area contributed by atoms with Gasteiger partial charge in [0.25, 0.3) is 10.0 Å². The van der Waals surface area contributed by atoms with Gasteiger partial charge in [-0.2, -0.15) is 0 Å². The molecule has 0 saturated carbocycles. The van der Waals surface area contributed by atoms with Crippen molar-refractivity contribution < 1.29 is 13.2 Å². The minimum atomic E-state index is -3.83. The molecule has 1 atom stereocenters. The lowest BCUT2D eigenvalue weighted by molar-refractivity contribution is -0.116. The van der Waals surface area contributed by atoms with Gasteiger partial charge in [0.1, 0.15) is 0 Å². The summed E-state index contributed by atoms with van der Waals surface area (Å²) < 4.78 is 28.6. The van der Waals surface area contributed by atoms with Gasteiger partial charge in [-0.05, 0) is 49.2 Å². The van der Waals surface area contributed by atoms with Crippen molar-refractivity contribution in [2.24, 2.45) is 0 Å². The fraction of sp³-hybridized carbons (Fsp3) is 0.300. The molecular weight excluding hydrogens is 376 g/mol. The minimum absolute atomic E-state index is 0.0892. The van der Waals surface area contributed by atoms with Crippen LogP contribution in [0.15, 0.2) is 47.6 Å². The van der Waals surface area contributed by atoms with Gasteiger partial charge in [-0.1, -0.05) is 6.07 Å². The fourth-order valence-corrected chi connectivity index (χ4v) is 5.86. The molecule has 28 heavy (non-hydrogen) atoms. The highest BCUT2D eigenvalue weighted by Crippen LogP contribution is 2.35. The average molecular weight is 396 g/mol. The molecule has 1 aromatic carbocycles. The first-order valence-corrected chi connectivity index (χ1v) is 10.8. The topological polar surface area (TPSA) is 93.1 Å². The van der Waals surface area contributed by atoms with Crippen LogP contribution in [0.1, 0.15) is 29.9 Å². The summed E-state index contributed by atoms with van der Waals surface area (Å²) >= 11 is 0. The number of pyridine rings is 1. The third-order valence-corrected chi connectivity index (χ3v) is 7.36. The number of fused-ring (bicyclic) bond motifs is 2. The van der Waals surface area contributed by atoms with E-state index in [4.69, 9.17) is 0 Å². The molecule has 0 aliphatic carbocycles. The largest absolute Gasteiger partial charge is 0.326 e. The summed E-state index contributed by atoms with van der Waals surface area (Å²) in [6, 6.07) is 8.58. The van der Waals surface area contributed by atoms with Gasteiger partial charge in [0.05, 0.1) is 15.9 Å². The Morgan fingerprint density at radius 3 is 2.86 bits per heavy atom. The number of hydrogen-bond acceptors (Lipinski definition) is 5. The third kappa shape index (κ3) is 2.63. The lowest BCUT2D eigenvalue weighted by Crippen LogP contribution is -2.22. The molecule has 7 nitrogen and oxygen atoms in total. The normalized spacial score (nSPS) is 19.6. The molecule has 3 aromatic rings. The van der Waals surface area contributed by atoms with E-state index in [1.165, 1.54) is 3.97 Å². The number of rotatable bonds is 3.